The molecule has 2 atom stereocenters. The van der Waals surface area contributed by atoms with Crippen LogP contribution in [0.2, 0.25) is 0 Å². The van der Waals surface area contributed by atoms with E-state index < -0.39 is 17.2 Å². The largest absolute Gasteiger partial charge is 0.302 e. The zero-order valence-electron chi connectivity index (χ0n) is 11.5. The second kappa shape index (κ2) is 6.55. The summed E-state index contributed by atoms with van der Waals surface area (Å²) in [5.41, 5.74) is -0.408. The number of hydrogen-bond acceptors (Lipinski definition) is 3. The maximum atomic E-state index is 13.1. The van der Waals surface area contributed by atoms with E-state index in [2.05, 4.69) is 11.4 Å². The van der Waals surface area contributed by atoms with Gasteiger partial charge in [-0.05, 0) is 56.2 Å². The Bertz CT molecular complexity index is 515. The Morgan fingerprint density at radius 1 is 1.45 bits per heavy atom. The predicted octanol–water partition coefficient (Wildman–Crippen LogP) is 3.73. The summed E-state index contributed by atoms with van der Waals surface area (Å²) in [6.45, 7) is 0. The van der Waals surface area contributed by atoms with E-state index in [1.807, 2.05) is 7.05 Å². The van der Waals surface area contributed by atoms with Gasteiger partial charge in [0, 0.05) is 4.90 Å². The number of thioether (sulfide) groups is 1. The fraction of sp³-hybridized carbons (Fsp3) is 0.533. The predicted molar refractivity (Wildman–Crippen MR) is 76.4 cm³/mol. The van der Waals surface area contributed by atoms with Gasteiger partial charge < -0.3 is 5.32 Å². The zero-order valence-corrected chi connectivity index (χ0v) is 12.3. The Labute approximate surface area is 122 Å². The molecule has 0 amide bonds. The van der Waals surface area contributed by atoms with E-state index in [-0.39, 0.29) is 0 Å². The zero-order chi connectivity index (χ0) is 14.6. The smallest absolute Gasteiger partial charge is 0.159 e. The number of rotatable bonds is 5. The van der Waals surface area contributed by atoms with Gasteiger partial charge in [0.2, 0.25) is 0 Å². The highest BCUT2D eigenvalue weighted by molar-refractivity contribution is 7.99. The molecule has 0 saturated heterocycles. The van der Waals surface area contributed by atoms with Crippen molar-refractivity contribution < 1.29 is 8.78 Å². The summed E-state index contributed by atoms with van der Waals surface area (Å²) in [4.78, 5) is 0.730. The van der Waals surface area contributed by atoms with E-state index in [1.54, 1.807) is 6.07 Å². The molecule has 2 unspecified atom stereocenters. The van der Waals surface area contributed by atoms with Gasteiger partial charge >= 0.3 is 0 Å². The highest BCUT2D eigenvalue weighted by Crippen LogP contribution is 2.38. The van der Waals surface area contributed by atoms with Crippen molar-refractivity contribution in [3.05, 3.63) is 29.8 Å². The lowest BCUT2D eigenvalue weighted by Crippen LogP contribution is -2.44. The van der Waals surface area contributed by atoms with E-state index >= 15 is 0 Å². The third kappa shape index (κ3) is 3.13. The molecule has 2 rings (SSSR count). The third-order valence-corrected chi connectivity index (χ3v) is 5.12. The van der Waals surface area contributed by atoms with Crippen molar-refractivity contribution in [3.63, 3.8) is 0 Å². The van der Waals surface area contributed by atoms with Crippen molar-refractivity contribution in [3.8, 4) is 6.07 Å². The van der Waals surface area contributed by atoms with Gasteiger partial charge in [-0.1, -0.05) is 6.42 Å². The Morgan fingerprint density at radius 2 is 2.25 bits per heavy atom. The van der Waals surface area contributed by atoms with E-state index in [9.17, 15) is 14.0 Å². The third-order valence-electron chi connectivity index (χ3n) is 4.09. The first-order valence-corrected chi connectivity index (χ1v) is 7.78. The van der Waals surface area contributed by atoms with Crippen LogP contribution in [0.1, 0.15) is 25.7 Å². The molecular formula is C15H18F2N2S. The van der Waals surface area contributed by atoms with Gasteiger partial charge in [-0.3, -0.25) is 0 Å². The SMILES string of the molecule is CNC1(C#N)CCCC1CCSc1ccc(F)c(F)c1. The van der Waals surface area contributed by atoms with Crippen LogP contribution in [0.4, 0.5) is 8.78 Å². The molecule has 1 aromatic rings. The van der Waals surface area contributed by atoms with Crippen LogP contribution < -0.4 is 5.32 Å². The number of halogens is 2. The summed E-state index contributed by atoms with van der Waals surface area (Å²) < 4.78 is 25.9. The molecule has 1 fully saturated rings. The fourth-order valence-corrected chi connectivity index (χ4v) is 3.88. The average Bonchev–Trinajstić information content (AvgIpc) is 2.86. The Kier molecular flexibility index (Phi) is 5.00. The van der Waals surface area contributed by atoms with Crippen molar-refractivity contribution in [1.82, 2.24) is 5.32 Å². The topological polar surface area (TPSA) is 35.8 Å². The van der Waals surface area contributed by atoms with Crippen LogP contribution in [0.3, 0.4) is 0 Å². The molecule has 1 N–H and O–H groups in total. The molecule has 2 nitrogen and oxygen atoms in total. The molecule has 0 heterocycles. The van der Waals surface area contributed by atoms with Crippen molar-refractivity contribution in [2.75, 3.05) is 12.8 Å². The first kappa shape index (κ1) is 15.3. The molecule has 1 aliphatic rings. The fourth-order valence-electron chi connectivity index (χ4n) is 2.89. The molecule has 0 radical (unpaired) electrons. The first-order chi connectivity index (χ1) is 9.61. The highest BCUT2D eigenvalue weighted by atomic mass is 32.2. The summed E-state index contributed by atoms with van der Waals surface area (Å²) >= 11 is 1.51. The second-order valence-electron chi connectivity index (χ2n) is 5.14. The molecule has 0 aromatic heterocycles. The molecule has 0 spiro atoms. The Balaban J connectivity index is 1.89. The number of nitriles is 1. The van der Waals surface area contributed by atoms with Crippen molar-refractivity contribution in [2.24, 2.45) is 5.92 Å². The molecular weight excluding hydrogens is 278 g/mol. The van der Waals surface area contributed by atoms with Crippen LogP contribution in [0, 0.1) is 28.9 Å². The van der Waals surface area contributed by atoms with E-state index in [4.69, 9.17) is 0 Å². The lowest BCUT2D eigenvalue weighted by molar-refractivity contribution is 0.332. The lowest BCUT2D eigenvalue weighted by Gasteiger charge is -2.28. The summed E-state index contributed by atoms with van der Waals surface area (Å²) in [6, 6.07) is 6.38. The van der Waals surface area contributed by atoms with Gasteiger partial charge in [0.05, 0.1) is 6.07 Å². The number of hydrogen-bond donors (Lipinski definition) is 1. The minimum atomic E-state index is -0.816. The molecule has 5 heteroatoms. The maximum Gasteiger partial charge on any atom is 0.159 e. The standard InChI is InChI=1S/C15H18F2N2S/c1-19-15(10-18)7-2-3-11(15)6-8-20-12-4-5-13(16)14(17)9-12/h4-5,9,11,19H,2-3,6-8H2,1H3. The summed E-state index contributed by atoms with van der Waals surface area (Å²) in [6.07, 6.45) is 3.90. The van der Waals surface area contributed by atoms with Crippen LogP contribution in [0.25, 0.3) is 0 Å². The van der Waals surface area contributed by atoms with Gasteiger partial charge in [-0.15, -0.1) is 11.8 Å². The average molecular weight is 296 g/mol. The van der Waals surface area contributed by atoms with E-state index in [0.717, 1.165) is 42.4 Å². The van der Waals surface area contributed by atoms with Crippen LogP contribution in [0.15, 0.2) is 23.1 Å². The van der Waals surface area contributed by atoms with Crippen LogP contribution in [-0.4, -0.2) is 18.3 Å². The molecule has 108 valence electrons. The number of nitrogens with zero attached hydrogens (tertiary/aromatic N) is 1. The number of benzene rings is 1. The van der Waals surface area contributed by atoms with Crippen molar-refractivity contribution >= 4 is 11.8 Å². The van der Waals surface area contributed by atoms with Crippen molar-refractivity contribution in [2.45, 2.75) is 36.1 Å². The summed E-state index contributed by atoms with van der Waals surface area (Å²) in [7, 11) is 1.84. The van der Waals surface area contributed by atoms with Crippen LogP contribution in [0.5, 0.6) is 0 Å². The molecule has 0 bridgehead atoms. The molecule has 0 aliphatic heterocycles. The van der Waals surface area contributed by atoms with Crippen molar-refractivity contribution in [1.29, 1.82) is 5.26 Å². The Morgan fingerprint density at radius 3 is 2.90 bits per heavy atom. The van der Waals surface area contributed by atoms with Gasteiger partial charge in [0.25, 0.3) is 0 Å². The molecule has 1 aromatic carbocycles. The minimum Gasteiger partial charge on any atom is -0.302 e. The van der Waals surface area contributed by atoms with Gasteiger partial charge in [-0.25, -0.2) is 8.78 Å². The molecule has 1 aliphatic carbocycles. The van der Waals surface area contributed by atoms with Gasteiger partial charge in [-0.2, -0.15) is 5.26 Å². The number of nitrogens with one attached hydrogen (secondary N) is 1. The molecule has 20 heavy (non-hydrogen) atoms. The monoisotopic (exact) mass is 296 g/mol. The lowest BCUT2D eigenvalue weighted by atomic mass is 9.87. The van der Waals surface area contributed by atoms with E-state index in [1.165, 1.54) is 17.8 Å². The first-order valence-electron chi connectivity index (χ1n) is 6.79. The highest BCUT2D eigenvalue weighted by Gasteiger charge is 2.41. The quantitative estimate of drug-likeness (QED) is 0.841. The Hall–Kier alpha value is -1.12. The minimum absolute atomic E-state index is 0.329. The van der Waals surface area contributed by atoms with Crippen LogP contribution in [-0.2, 0) is 0 Å². The molecule has 1 saturated carbocycles. The van der Waals surface area contributed by atoms with E-state index in [0.29, 0.717) is 5.92 Å². The summed E-state index contributed by atoms with van der Waals surface area (Å²) in [5.74, 6) is -0.488. The van der Waals surface area contributed by atoms with Crippen LogP contribution >= 0.6 is 11.8 Å². The normalized spacial score (nSPS) is 25.6. The maximum absolute atomic E-state index is 13.1. The van der Waals surface area contributed by atoms with Gasteiger partial charge in [0.1, 0.15) is 5.54 Å². The second-order valence-corrected chi connectivity index (χ2v) is 6.30. The summed E-state index contributed by atoms with van der Waals surface area (Å²) in [5, 5.41) is 12.5. The van der Waals surface area contributed by atoms with Gasteiger partial charge in [0.15, 0.2) is 11.6 Å².